The Balaban J connectivity index is 2.38. The predicted octanol–water partition coefficient (Wildman–Crippen LogP) is 1.97. The van der Waals surface area contributed by atoms with E-state index in [-0.39, 0.29) is 0 Å². The molecule has 0 spiro atoms. The van der Waals surface area contributed by atoms with Crippen molar-refractivity contribution < 1.29 is 0 Å². The summed E-state index contributed by atoms with van der Waals surface area (Å²) >= 11 is 0. The maximum Gasteiger partial charge on any atom is -0.00729 e. The van der Waals surface area contributed by atoms with Gasteiger partial charge in [-0.25, -0.2) is 0 Å². The fraction of sp³-hybridized carbons (Fsp3) is 0.714. The lowest BCUT2D eigenvalue weighted by Gasteiger charge is -1.94. The molecule has 0 N–H and O–H groups in total. The Labute approximate surface area is 44.2 Å². The van der Waals surface area contributed by atoms with Gasteiger partial charge in [0.1, 0.15) is 0 Å². The molecule has 1 fully saturated rings. The molecule has 2 rings (SSSR count). The summed E-state index contributed by atoms with van der Waals surface area (Å²) in [5.41, 5.74) is 2.35. The van der Waals surface area contributed by atoms with Gasteiger partial charge in [-0.3, -0.25) is 0 Å². The van der Waals surface area contributed by atoms with Crippen LogP contribution in [-0.2, 0) is 0 Å². The van der Waals surface area contributed by atoms with Crippen molar-refractivity contribution in [3.05, 3.63) is 11.6 Å². The van der Waals surface area contributed by atoms with Crippen LogP contribution >= 0.6 is 0 Å². The quantitative estimate of drug-likeness (QED) is 0.402. The molecule has 0 aromatic carbocycles. The highest BCUT2D eigenvalue weighted by Gasteiger charge is 2.55. The molecule has 2 aliphatic rings. The second-order valence-corrected chi connectivity index (χ2v) is 3.17. The van der Waals surface area contributed by atoms with Crippen LogP contribution in [0.2, 0.25) is 0 Å². The van der Waals surface area contributed by atoms with Gasteiger partial charge in [0.25, 0.3) is 0 Å². The molecule has 0 saturated heterocycles. The van der Waals surface area contributed by atoms with Crippen LogP contribution in [0.5, 0.6) is 0 Å². The Morgan fingerprint density at radius 3 is 2.29 bits per heavy atom. The van der Waals surface area contributed by atoms with Crippen molar-refractivity contribution in [1.82, 2.24) is 0 Å². The maximum atomic E-state index is 2.37. The smallest absolute Gasteiger partial charge is 0.00729 e. The summed E-state index contributed by atoms with van der Waals surface area (Å²) in [6.07, 6.45) is 3.73. The second-order valence-electron chi connectivity index (χ2n) is 3.17. The Bertz CT molecular complexity index is 140. The van der Waals surface area contributed by atoms with Crippen LogP contribution in [-0.4, -0.2) is 0 Å². The van der Waals surface area contributed by atoms with E-state index < -0.39 is 0 Å². The topological polar surface area (TPSA) is 0 Å². The van der Waals surface area contributed by atoms with Crippen molar-refractivity contribution in [2.75, 3.05) is 0 Å². The van der Waals surface area contributed by atoms with Crippen LogP contribution in [0, 0.1) is 11.3 Å². The van der Waals surface area contributed by atoms with Gasteiger partial charge in [0.05, 0.1) is 0 Å². The van der Waals surface area contributed by atoms with Gasteiger partial charge in [0, 0.05) is 0 Å². The first kappa shape index (κ1) is 3.71. The highest BCUT2D eigenvalue weighted by Crippen LogP contribution is 2.65. The van der Waals surface area contributed by atoms with Gasteiger partial charge in [0.15, 0.2) is 0 Å². The first-order valence-electron chi connectivity index (χ1n) is 2.93. The lowest BCUT2D eigenvalue weighted by atomic mass is 10.1. The molecule has 0 heterocycles. The van der Waals surface area contributed by atoms with Gasteiger partial charge in [0.2, 0.25) is 0 Å². The Morgan fingerprint density at radius 1 is 1.71 bits per heavy atom. The van der Waals surface area contributed by atoms with Crippen molar-refractivity contribution in [3.8, 4) is 0 Å². The highest BCUT2D eigenvalue weighted by molar-refractivity contribution is 5.43. The third-order valence-corrected chi connectivity index (χ3v) is 2.48. The zero-order chi connectivity index (χ0) is 5.07. The Hall–Kier alpha value is -0.260. The summed E-state index contributed by atoms with van der Waals surface area (Å²) in [5.74, 6) is 1.01. The molecule has 2 aliphatic carbocycles. The fourth-order valence-corrected chi connectivity index (χ4v) is 1.59. The summed E-state index contributed by atoms with van der Waals surface area (Å²) in [6.45, 7) is 4.66. The average molecular weight is 94.2 g/mol. The minimum Gasteiger partial charge on any atom is -0.0838 e. The molecular weight excluding hydrogens is 84.1 g/mol. The van der Waals surface area contributed by atoms with E-state index in [4.69, 9.17) is 0 Å². The van der Waals surface area contributed by atoms with Gasteiger partial charge >= 0.3 is 0 Å². The number of allylic oxidation sites excluding steroid dienone is 2. The van der Waals surface area contributed by atoms with Crippen LogP contribution in [0.25, 0.3) is 0 Å². The molecule has 0 nitrogen and oxygen atoms in total. The summed E-state index contributed by atoms with van der Waals surface area (Å²) in [6, 6.07) is 0. The molecular formula is C7H10. The molecule has 1 unspecified atom stereocenters. The van der Waals surface area contributed by atoms with E-state index in [2.05, 4.69) is 19.9 Å². The van der Waals surface area contributed by atoms with Crippen molar-refractivity contribution in [3.63, 3.8) is 0 Å². The molecule has 7 heavy (non-hydrogen) atoms. The first-order chi connectivity index (χ1) is 3.23. The van der Waals surface area contributed by atoms with Gasteiger partial charge in [-0.1, -0.05) is 25.5 Å². The van der Waals surface area contributed by atoms with Crippen LogP contribution < -0.4 is 0 Å². The van der Waals surface area contributed by atoms with Crippen LogP contribution in [0.3, 0.4) is 0 Å². The number of fused-ring (bicyclic) bond motifs is 1. The zero-order valence-electron chi connectivity index (χ0n) is 4.86. The SMILES string of the molecule is CC1(C)C2=CCC21. The van der Waals surface area contributed by atoms with E-state index in [0.717, 1.165) is 5.92 Å². The van der Waals surface area contributed by atoms with Crippen molar-refractivity contribution in [2.45, 2.75) is 20.3 Å². The van der Waals surface area contributed by atoms with Crippen molar-refractivity contribution >= 4 is 0 Å². The van der Waals surface area contributed by atoms with Crippen LogP contribution in [0.1, 0.15) is 20.3 Å². The highest BCUT2D eigenvalue weighted by atomic mass is 14.6. The third kappa shape index (κ3) is 0.229. The first-order valence-corrected chi connectivity index (χ1v) is 2.93. The Morgan fingerprint density at radius 2 is 2.29 bits per heavy atom. The largest absolute Gasteiger partial charge is 0.0838 e. The fourth-order valence-electron chi connectivity index (χ4n) is 1.59. The monoisotopic (exact) mass is 94.1 g/mol. The van der Waals surface area contributed by atoms with E-state index in [1.165, 1.54) is 6.42 Å². The van der Waals surface area contributed by atoms with Gasteiger partial charge < -0.3 is 0 Å². The van der Waals surface area contributed by atoms with Crippen molar-refractivity contribution in [2.24, 2.45) is 11.3 Å². The van der Waals surface area contributed by atoms with Crippen LogP contribution in [0.4, 0.5) is 0 Å². The summed E-state index contributed by atoms with van der Waals surface area (Å²) in [4.78, 5) is 0. The third-order valence-electron chi connectivity index (χ3n) is 2.48. The molecule has 0 heteroatoms. The van der Waals surface area contributed by atoms with Gasteiger partial charge in [-0.05, 0) is 17.8 Å². The molecule has 0 aromatic rings. The minimum absolute atomic E-state index is 0.639. The van der Waals surface area contributed by atoms with E-state index in [9.17, 15) is 0 Å². The molecule has 0 aliphatic heterocycles. The molecule has 0 radical (unpaired) electrons. The summed E-state index contributed by atoms with van der Waals surface area (Å²) < 4.78 is 0. The molecule has 0 amide bonds. The van der Waals surface area contributed by atoms with Crippen molar-refractivity contribution in [1.29, 1.82) is 0 Å². The molecule has 38 valence electrons. The second kappa shape index (κ2) is 0.683. The Kier molecular flexibility index (Phi) is 0.362. The molecule has 0 bridgehead atoms. The number of hydrogen-bond donors (Lipinski definition) is 0. The standard InChI is InChI=1S/C7H10/c1-7(2)5-3-4-6(5)7/h3,6H,4H2,1-2H3. The van der Waals surface area contributed by atoms with Gasteiger partial charge in [-0.2, -0.15) is 0 Å². The minimum atomic E-state index is 0.639. The van der Waals surface area contributed by atoms with E-state index in [1.54, 1.807) is 5.57 Å². The van der Waals surface area contributed by atoms with E-state index in [1.807, 2.05) is 0 Å². The molecule has 0 aromatic heterocycles. The normalized spacial score (nSPS) is 40.9. The zero-order valence-corrected chi connectivity index (χ0v) is 4.86. The average Bonchev–Trinajstić information content (AvgIpc) is 1.52. The maximum absolute atomic E-state index is 2.37. The van der Waals surface area contributed by atoms with Gasteiger partial charge in [-0.15, -0.1) is 0 Å². The number of rotatable bonds is 0. The van der Waals surface area contributed by atoms with E-state index >= 15 is 0 Å². The number of hydrogen-bond acceptors (Lipinski definition) is 0. The summed E-state index contributed by atoms with van der Waals surface area (Å²) in [5, 5.41) is 0. The van der Waals surface area contributed by atoms with Crippen LogP contribution in [0.15, 0.2) is 11.6 Å². The molecule has 1 saturated carbocycles. The lowest BCUT2D eigenvalue weighted by molar-refractivity contribution is 0.578. The van der Waals surface area contributed by atoms with E-state index in [0.29, 0.717) is 5.41 Å². The molecule has 1 atom stereocenters. The lowest BCUT2D eigenvalue weighted by Crippen LogP contribution is -1.85. The summed E-state index contributed by atoms with van der Waals surface area (Å²) in [7, 11) is 0. The predicted molar refractivity (Wildman–Crippen MR) is 30.0 cm³/mol.